The molecular weight excluding hydrogens is 276 g/mol. The van der Waals surface area contributed by atoms with E-state index in [1.165, 1.54) is 37.3 Å². The predicted molar refractivity (Wildman–Crippen MR) is 73.2 cm³/mol. The van der Waals surface area contributed by atoms with E-state index in [0.717, 1.165) is 0 Å². The maximum atomic E-state index is 11.2. The number of aliphatic carboxylic acids is 1. The highest BCUT2D eigenvalue weighted by Crippen LogP contribution is 2.33. The van der Waals surface area contributed by atoms with E-state index in [1.807, 2.05) is 0 Å². The lowest BCUT2D eigenvalue weighted by Gasteiger charge is -2.09. The first-order valence-electron chi connectivity index (χ1n) is 5.96. The summed E-state index contributed by atoms with van der Waals surface area (Å²) >= 11 is 0. The first kappa shape index (κ1) is 14.4. The molecule has 0 aliphatic carbocycles. The van der Waals surface area contributed by atoms with E-state index in [4.69, 9.17) is 4.42 Å². The minimum atomic E-state index is -1.17. The Bertz CT molecular complexity index is 738. The molecule has 0 saturated heterocycles. The average Bonchev–Trinajstić information content (AvgIpc) is 2.91. The maximum Gasteiger partial charge on any atom is 0.332 e. The van der Waals surface area contributed by atoms with Crippen molar-refractivity contribution in [3.8, 4) is 11.5 Å². The van der Waals surface area contributed by atoms with Crippen molar-refractivity contribution in [2.75, 3.05) is 0 Å². The van der Waals surface area contributed by atoms with Crippen molar-refractivity contribution in [1.82, 2.24) is 0 Å². The molecule has 1 aromatic heterocycles. The maximum absolute atomic E-state index is 11.2. The van der Waals surface area contributed by atoms with E-state index in [2.05, 4.69) is 0 Å². The standard InChI is InChI=1S/C15H12O6/c1-8(15(19)20)14(13-5-3-10(7-16)21-13)9-2-4-11(17)12(18)6-9/h2-7,17-18H,1H3,(H,19,20)/b14-8+. The summed E-state index contributed by atoms with van der Waals surface area (Å²) in [5, 5.41) is 28.1. The predicted octanol–water partition coefficient (Wildman–Crippen LogP) is 2.41. The van der Waals surface area contributed by atoms with Crippen LogP contribution in [0.1, 0.15) is 28.8 Å². The summed E-state index contributed by atoms with van der Waals surface area (Å²) < 4.78 is 5.26. The number of carbonyl (C=O) groups excluding carboxylic acids is 1. The molecule has 108 valence electrons. The number of hydrogen-bond acceptors (Lipinski definition) is 5. The minimum Gasteiger partial charge on any atom is -0.504 e. The molecule has 0 atom stereocenters. The van der Waals surface area contributed by atoms with Gasteiger partial charge in [0.1, 0.15) is 5.76 Å². The minimum absolute atomic E-state index is 0.0214. The monoisotopic (exact) mass is 288 g/mol. The molecule has 0 amide bonds. The van der Waals surface area contributed by atoms with E-state index in [-0.39, 0.29) is 34.2 Å². The van der Waals surface area contributed by atoms with Gasteiger partial charge in [-0.3, -0.25) is 4.79 Å². The molecule has 6 heteroatoms. The molecule has 6 nitrogen and oxygen atoms in total. The Morgan fingerprint density at radius 3 is 2.38 bits per heavy atom. The van der Waals surface area contributed by atoms with Crippen molar-refractivity contribution in [3.05, 3.63) is 53.0 Å². The topological polar surface area (TPSA) is 108 Å². The van der Waals surface area contributed by atoms with Crippen LogP contribution >= 0.6 is 0 Å². The summed E-state index contributed by atoms with van der Waals surface area (Å²) in [6, 6.07) is 6.79. The molecular formula is C15H12O6. The van der Waals surface area contributed by atoms with Gasteiger partial charge in [0, 0.05) is 11.1 Å². The fourth-order valence-electron chi connectivity index (χ4n) is 1.88. The summed E-state index contributed by atoms with van der Waals surface area (Å²) in [6.07, 6.45) is 0.505. The number of carboxylic acids is 1. The third-order valence-electron chi connectivity index (χ3n) is 2.95. The van der Waals surface area contributed by atoms with Crippen LogP contribution in [0.5, 0.6) is 11.5 Å². The Morgan fingerprint density at radius 1 is 1.14 bits per heavy atom. The highest BCUT2D eigenvalue weighted by Gasteiger charge is 2.18. The lowest BCUT2D eigenvalue weighted by Crippen LogP contribution is -2.01. The number of furan rings is 1. The summed E-state index contributed by atoms with van der Waals surface area (Å²) in [6.45, 7) is 1.38. The molecule has 3 N–H and O–H groups in total. The van der Waals surface area contributed by atoms with E-state index in [1.54, 1.807) is 0 Å². The SMILES string of the molecule is C/C(C(=O)O)=C(/c1ccc(O)c(O)c1)c1ccc(C=O)o1. The lowest BCUT2D eigenvalue weighted by atomic mass is 9.98. The molecule has 0 spiro atoms. The summed E-state index contributed by atoms with van der Waals surface area (Å²) in [5.41, 5.74) is 0.537. The van der Waals surface area contributed by atoms with Crippen LogP contribution in [0.2, 0.25) is 0 Å². The van der Waals surface area contributed by atoms with Crippen LogP contribution in [0.4, 0.5) is 0 Å². The number of phenolic OH excluding ortho intramolecular Hbond substituents is 2. The number of benzene rings is 1. The van der Waals surface area contributed by atoms with Gasteiger partial charge in [-0.1, -0.05) is 6.07 Å². The molecule has 2 rings (SSSR count). The smallest absolute Gasteiger partial charge is 0.332 e. The first-order chi connectivity index (χ1) is 9.93. The Labute approximate surface area is 119 Å². The van der Waals surface area contributed by atoms with Gasteiger partial charge in [0.05, 0.1) is 0 Å². The van der Waals surface area contributed by atoms with E-state index in [9.17, 15) is 24.9 Å². The third kappa shape index (κ3) is 2.79. The quantitative estimate of drug-likeness (QED) is 0.453. The van der Waals surface area contributed by atoms with Gasteiger partial charge in [0.2, 0.25) is 0 Å². The second kappa shape index (κ2) is 5.54. The summed E-state index contributed by atoms with van der Waals surface area (Å²) in [5.74, 6) is -1.63. The third-order valence-corrected chi connectivity index (χ3v) is 2.95. The number of aldehydes is 1. The molecule has 0 bridgehead atoms. The van der Waals surface area contributed by atoms with E-state index in [0.29, 0.717) is 11.8 Å². The van der Waals surface area contributed by atoms with Crippen molar-refractivity contribution in [2.45, 2.75) is 6.92 Å². The van der Waals surface area contributed by atoms with Gasteiger partial charge in [-0.15, -0.1) is 0 Å². The molecule has 0 unspecified atom stereocenters. The van der Waals surface area contributed by atoms with Crippen molar-refractivity contribution in [1.29, 1.82) is 0 Å². The van der Waals surface area contributed by atoms with E-state index < -0.39 is 5.97 Å². The number of aromatic hydroxyl groups is 2. The van der Waals surface area contributed by atoms with Crippen molar-refractivity contribution < 1.29 is 29.3 Å². The average molecular weight is 288 g/mol. The number of hydrogen-bond donors (Lipinski definition) is 3. The number of carbonyl (C=O) groups is 2. The Balaban J connectivity index is 2.67. The molecule has 0 saturated carbocycles. The second-order valence-electron chi connectivity index (χ2n) is 4.33. The Hall–Kier alpha value is -3.02. The van der Waals surface area contributed by atoms with Gasteiger partial charge in [-0.25, -0.2) is 4.79 Å². The molecule has 2 aromatic rings. The molecule has 0 radical (unpaired) electrons. The van der Waals surface area contributed by atoms with Crippen LogP contribution in [0, 0.1) is 0 Å². The van der Waals surface area contributed by atoms with E-state index >= 15 is 0 Å². The molecule has 1 heterocycles. The Morgan fingerprint density at radius 2 is 1.86 bits per heavy atom. The van der Waals surface area contributed by atoms with Gasteiger partial charge >= 0.3 is 5.97 Å². The fraction of sp³-hybridized carbons (Fsp3) is 0.0667. The summed E-state index contributed by atoms with van der Waals surface area (Å²) in [7, 11) is 0. The highest BCUT2D eigenvalue weighted by molar-refractivity contribution is 5.99. The van der Waals surface area contributed by atoms with Crippen LogP contribution in [0.3, 0.4) is 0 Å². The fourth-order valence-corrected chi connectivity index (χ4v) is 1.88. The largest absolute Gasteiger partial charge is 0.504 e. The number of phenols is 2. The molecule has 0 aliphatic heterocycles. The molecule has 0 aliphatic rings. The zero-order chi connectivity index (χ0) is 15.6. The van der Waals surface area contributed by atoms with Gasteiger partial charge in [0.25, 0.3) is 0 Å². The van der Waals surface area contributed by atoms with Gasteiger partial charge in [-0.2, -0.15) is 0 Å². The van der Waals surface area contributed by atoms with Crippen LogP contribution in [-0.4, -0.2) is 27.6 Å². The van der Waals surface area contributed by atoms with Gasteiger partial charge in [-0.05, 0) is 36.8 Å². The molecule has 0 fully saturated rings. The van der Waals surface area contributed by atoms with Crippen molar-refractivity contribution >= 4 is 17.8 Å². The molecule has 21 heavy (non-hydrogen) atoms. The highest BCUT2D eigenvalue weighted by atomic mass is 16.4. The number of rotatable bonds is 4. The van der Waals surface area contributed by atoms with Gasteiger partial charge in [0.15, 0.2) is 23.5 Å². The van der Waals surface area contributed by atoms with Crippen LogP contribution in [0.15, 0.2) is 40.3 Å². The normalized spacial score (nSPS) is 11.9. The second-order valence-corrected chi connectivity index (χ2v) is 4.33. The zero-order valence-electron chi connectivity index (χ0n) is 11.0. The van der Waals surface area contributed by atoms with Gasteiger partial charge < -0.3 is 19.7 Å². The van der Waals surface area contributed by atoms with Crippen molar-refractivity contribution in [2.24, 2.45) is 0 Å². The Kier molecular flexibility index (Phi) is 3.80. The zero-order valence-corrected chi connectivity index (χ0v) is 11.0. The van der Waals surface area contributed by atoms with Crippen LogP contribution in [0.25, 0.3) is 5.57 Å². The van der Waals surface area contributed by atoms with Crippen LogP contribution in [-0.2, 0) is 4.79 Å². The van der Waals surface area contributed by atoms with Crippen molar-refractivity contribution in [3.63, 3.8) is 0 Å². The molecule has 1 aromatic carbocycles. The van der Waals surface area contributed by atoms with Crippen LogP contribution < -0.4 is 0 Å². The first-order valence-corrected chi connectivity index (χ1v) is 5.96. The summed E-state index contributed by atoms with van der Waals surface area (Å²) in [4.78, 5) is 21.9. The number of carboxylic acid groups (broad SMARTS) is 1. The lowest BCUT2D eigenvalue weighted by molar-refractivity contribution is -0.132.